The van der Waals surface area contributed by atoms with Crippen LogP contribution in [0.2, 0.25) is 0 Å². The summed E-state index contributed by atoms with van der Waals surface area (Å²) in [7, 11) is 1.94. The van der Waals surface area contributed by atoms with E-state index in [1.807, 2.05) is 11.9 Å². The number of thioether (sulfide) groups is 1. The number of nitrogens with zero attached hydrogens (tertiary/aromatic N) is 1. The first-order valence-corrected chi connectivity index (χ1v) is 7.32. The van der Waals surface area contributed by atoms with Crippen molar-refractivity contribution in [3.63, 3.8) is 0 Å². The third-order valence-corrected chi connectivity index (χ3v) is 4.46. The summed E-state index contributed by atoms with van der Waals surface area (Å²) in [6.07, 6.45) is 0. The van der Waals surface area contributed by atoms with Crippen molar-refractivity contribution in [3.05, 3.63) is 35.8 Å². The lowest BCUT2D eigenvalue weighted by atomic mass is 10.1. The number of ketones is 1. The maximum Gasteiger partial charge on any atom is 0.215 e. The number of hydrogen-bond donors (Lipinski definition) is 0. The number of furan rings is 1. The molecule has 3 nitrogen and oxygen atoms in total. The van der Waals surface area contributed by atoms with Gasteiger partial charge < -0.3 is 4.42 Å². The van der Waals surface area contributed by atoms with Crippen LogP contribution in [0.25, 0.3) is 11.0 Å². The number of carbonyl (C=O) groups excluding carboxylic acids is 1. The number of para-hydroxylation sites is 1. The quantitative estimate of drug-likeness (QED) is 0.792. The molecule has 0 amide bonds. The Balaban J connectivity index is 1.95. The number of Topliss-reactive ketones (excluding diaryl/α,β-unsaturated/α-hetero) is 1. The maximum absolute atomic E-state index is 13.6. The molecular formula is C14H14FNO2S. The molecule has 0 spiro atoms. The van der Waals surface area contributed by atoms with Crippen LogP contribution in [-0.4, -0.2) is 41.8 Å². The van der Waals surface area contributed by atoms with Crippen molar-refractivity contribution in [2.75, 3.05) is 25.1 Å². The van der Waals surface area contributed by atoms with Gasteiger partial charge in [-0.2, -0.15) is 11.8 Å². The van der Waals surface area contributed by atoms with Gasteiger partial charge >= 0.3 is 0 Å². The molecule has 1 aliphatic rings. The summed E-state index contributed by atoms with van der Waals surface area (Å²) in [6, 6.07) is 6.15. The van der Waals surface area contributed by atoms with E-state index in [-0.39, 0.29) is 23.2 Å². The Kier molecular flexibility index (Phi) is 3.33. The highest BCUT2D eigenvalue weighted by Gasteiger charge is 2.29. The zero-order chi connectivity index (χ0) is 13.4. The molecule has 100 valence electrons. The van der Waals surface area contributed by atoms with E-state index in [2.05, 4.69) is 0 Å². The van der Waals surface area contributed by atoms with Gasteiger partial charge in [0.05, 0.1) is 6.04 Å². The van der Waals surface area contributed by atoms with Crippen molar-refractivity contribution >= 4 is 28.5 Å². The number of likely N-dealkylation sites (N-methyl/N-ethyl adjacent to an activating group) is 1. The van der Waals surface area contributed by atoms with Crippen LogP contribution in [0.4, 0.5) is 4.39 Å². The van der Waals surface area contributed by atoms with Gasteiger partial charge in [0, 0.05) is 23.4 Å². The first-order valence-electron chi connectivity index (χ1n) is 6.17. The van der Waals surface area contributed by atoms with Crippen LogP contribution >= 0.6 is 11.8 Å². The van der Waals surface area contributed by atoms with Gasteiger partial charge in [0.2, 0.25) is 5.78 Å². The first kappa shape index (κ1) is 12.7. The fourth-order valence-electron chi connectivity index (χ4n) is 2.28. The predicted octanol–water partition coefficient (Wildman–Crippen LogP) is 2.80. The first-order chi connectivity index (χ1) is 9.16. The number of benzene rings is 1. The number of fused-ring (bicyclic) bond motifs is 1. The van der Waals surface area contributed by atoms with E-state index in [0.29, 0.717) is 5.39 Å². The highest BCUT2D eigenvalue weighted by molar-refractivity contribution is 7.99. The third-order valence-electron chi connectivity index (χ3n) is 3.44. The second-order valence-electron chi connectivity index (χ2n) is 4.70. The Morgan fingerprint density at radius 2 is 2.37 bits per heavy atom. The van der Waals surface area contributed by atoms with E-state index in [1.165, 1.54) is 6.07 Å². The summed E-state index contributed by atoms with van der Waals surface area (Å²) in [4.78, 5) is 14.5. The minimum Gasteiger partial charge on any atom is -0.450 e. The van der Waals surface area contributed by atoms with E-state index in [4.69, 9.17) is 4.42 Å². The summed E-state index contributed by atoms with van der Waals surface area (Å²) >= 11 is 1.76. The molecule has 2 heterocycles. The van der Waals surface area contributed by atoms with Crippen molar-refractivity contribution in [2.24, 2.45) is 0 Å². The predicted molar refractivity (Wildman–Crippen MR) is 74.2 cm³/mol. The zero-order valence-electron chi connectivity index (χ0n) is 10.6. The molecular weight excluding hydrogens is 265 g/mol. The highest BCUT2D eigenvalue weighted by Crippen LogP contribution is 2.25. The number of halogens is 1. The molecule has 1 atom stereocenters. The number of carbonyl (C=O) groups is 1. The Hall–Kier alpha value is -1.33. The summed E-state index contributed by atoms with van der Waals surface area (Å²) < 4.78 is 19.0. The van der Waals surface area contributed by atoms with Crippen molar-refractivity contribution in [2.45, 2.75) is 6.04 Å². The van der Waals surface area contributed by atoms with E-state index >= 15 is 0 Å². The summed E-state index contributed by atoms with van der Waals surface area (Å²) in [6.45, 7) is 0.885. The van der Waals surface area contributed by atoms with Gasteiger partial charge in [-0.3, -0.25) is 9.69 Å². The molecule has 0 bridgehead atoms. The van der Waals surface area contributed by atoms with Crippen LogP contribution in [0.3, 0.4) is 0 Å². The van der Waals surface area contributed by atoms with Gasteiger partial charge in [-0.15, -0.1) is 0 Å². The van der Waals surface area contributed by atoms with Crippen molar-refractivity contribution in [1.82, 2.24) is 4.90 Å². The molecule has 5 heteroatoms. The molecule has 3 rings (SSSR count). The van der Waals surface area contributed by atoms with Crippen LogP contribution in [0.15, 0.2) is 28.7 Å². The average molecular weight is 279 g/mol. The number of rotatable bonds is 2. The van der Waals surface area contributed by atoms with Crippen molar-refractivity contribution in [3.8, 4) is 0 Å². The van der Waals surface area contributed by atoms with Gasteiger partial charge in [0.15, 0.2) is 17.2 Å². The molecule has 2 aromatic rings. The molecule has 0 saturated carbocycles. The lowest BCUT2D eigenvalue weighted by molar-refractivity contribution is 0.0848. The minimum atomic E-state index is -0.428. The van der Waals surface area contributed by atoms with Gasteiger partial charge in [-0.25, -0.2) is 4.39 Å². The largest absolute Gasteiger partial charge is 0.450 e. The van der Waals surface area contributed by atoms with E-state index < -0.39 is 5.82 Å². The second kappa shape index (κ2) is 4.98. The van der Waals surface area contributed by atoms with Gasteiger partial charge in [-0.05, 0) is 19.2 Å². The van der Waals surface area contributed by atoms with E-state index in [0.717, 1.165) is 18.1 Å². The minimum absolute atomic E-state index is 0.0645. The molecule has 1 aliphatic heterocycles. The monoisotopic (exact) mass is 279 g/mol. The second-order valence-corrected chi connectivity index (χ2v) is 5.85. The van der Waals surface area contributed by atoms with Crippen LogP contribution in [-0.2, 0) is 0 Å². The summed E-state index contributed by atoms with van der Waals surface area (Å²) in [5, 5.41) is 0.634. The molecule has 1 saturated heterocycles. The Morgan fingerprint density at radius 3 is 3.11 bits per heavy atom. The molecule has 0 N–H and O–H groups in total. The van der Waals surface area contributed by atoms with Crippen LogP contribution in [0.1, 0.15) is 10.6 Å². The van der Waals surface area contributed by atoms with Crippen molar-refractivity contribution in [1.29, 1.82) is 0 Å². The van der Waals surface area contributed by atoms with Crippen LogP contribution in [0.5, 0.6) is 0 Å². The molecule has 1 aromatic carbocycles. The normalized spacial score (nSPS) is 20.8. The van der Waals surface area contributed by atoms with E-state index in [9.17, 15) is 9.18 Å². The average Bonchev–Trinajstić information content (AvgIpc) is 2.84. The summed E-state index contributed by atoms with van der Waals surface area (Å²) in [5.74, 6) is 1.55. The lowest BCUT2D eigenvalue weighted by Crippen LogP contribution is -2.44. The Labute approximate surface area is 114 Å². The standard InChI is InChI=1S/C14H14FNO2S/c1-16-5-6-19-8-11(16)13(17)12-7-9-3-2-4-10(15)14(9)18-12/h2-4,7,11H,5-6,8H2,1H3. The maximum atomic E-state index is 13.6. The van der Waals surface area contributed by atoms with Crippen molar-refractivity contribution < 1.29 is 13.6 Å². The topological polar surface area (TPSA) is 33.5 Å². The van der Waals surface area contributed by atoms with Gasteiger partial charge in [0.1, 0.15) is 0 Å². The Morgan fingerprint density at radius 1 is 1.53 bits per heavy atom. The number of hydrogen-bond acceptors (Lipinski definition) is 4. The lowest BCUT2D eigenvalue weighted by Gasteiger charge is -2.30. The van der Waals surface area contributed by atoms with Crippen LogP contribution in [0, 0.1) is 5.82 Å². The smallest absolute Gasteiger partial charge is 0.215 e. The Bertz CT molecular complexity index is 625. The van der Waals surface area contributed by atoms with Gasteiger partial charge in [0.25, 0.3) is 0 Å². The molecule has 1 aromatic heterocycles. The molecule has 1 fully saturated rings. The highest BCUT2D eigenvalue weighted by atomic mass is 32.2. The van der Waals surface area contributed by atoms with Crippen LogP contribution < -0.4 is 0 Å². The molecule has 0 radical (unpaired) electrons. The van der Waals surface area contributed by atoms with E-state index in [1.54, 1.807) is 30.0 Å². The fraction of sp³-hybridized carbons (Fsp3) is 0.357. The molecule has 19 heavy (non-hydrogen) atoms. The SMILES string of the molecule is CN1CCSCC1C(=O)c1cc2cccc(F)c2o1. The fourth-order valence-corrected chi connectivity index (χ4v) is 3.49. The van der Waals surface area contributed by atoms with Gasteiger partial charge in [-0.1, -0.05) is 12.1 Å². The zero-order valence-corrected chi connectivity index (χ0v) is 11.4. The molecule has 0 aliphatic carbocycles. The molecule has 1 unspecified atom stereocenters. The third kappa shape index (κ3) is 2.28. The summed E-state index contributed by atoms with van der Waals surface area (Å²) in [5.41, 5.74) is 0.164.